The van der Waals surface area contributed by atoms with Crippen LogP contribution in [0.25, 0.3) is 0 Å². The van der Waals surface area contributed by atoms with E-state index in [0.29, 0.717) is 0 Å². The molecule has 0 amide bonds. The molecule has 356 valence electrons. The molecule has 0 aromatic heterocycles. The SMILES string of the molecule is [O]=[V]([O][Si](c1ccc(Br)cc1)(c1ccc(Br)cc1)c1ccc(Br)cc1)([O][Si](c1ccc(Br)cc1)(c1ccc(Br)cc1)c1ccc(Br)cc1)[O][Si](c1ccc(Br)cc1)(c1ccc(Br)cc1)c1ccc(Br)cc1. The van der Waals surface area contributed by atoms with Crippen molar-refractivity contribution in [3.05, 3.63) is 259 Å². The van der Waals surface area contributed by atoms with Crippen LogP contribution >= 0.6 is 143 Å². The summed E-state index contributed by atoms with van der Waals surface area (Å²) in [5.74, 6) is 0. The van der Waals surface area contributed by atoms with Gasteiger partial charge in [0.25, 0.3) is 0 Å². The Morgan fingerprint density at radius 1 is 0.211 bits per heavy atom. The van der Waals surface area contributed by atoms with Crippen LogP contribution in [-0.4, -0.2) is 25.0 Å². The van der Waals surface area contributed by atoms with Gasteiger partial charge in [-0.3, -0.25) is 0 Å². The van der Waals surface area contributed by atoms with Gasteiger partial charge < -0.3 is 0 Å². The third kappa shape index (κ3) is 11.7. The second kappa shape index (κ2) is 23.2. The number of hydrogen-bond donors (Lipinski definition) is 0. The molecule has 0 N–H and O–H groups in total. The molecule has 17 heteroatoms. The Hall–Kier alpha value is -1.78. The van der Waals surface area contributed by atoms with Crippen LogP contribution < -0.4 is 46.7 Å². The van der Waals surface area contributed by atoms with Crippen molar-refractivity contribution < 1.29 is 28.8 Å². The van der Waals surface area contributed by atoms with Gasteiger partial charge in [-0.15, -0.1) is 0 Å². The molecule has 9 rings (SSSR count). The van der Waals surface area contributed by atoms with E-state index in [9.17, 15) is 0 Å². The minimum absolute atomic E-state index is 0.838. The van der Waals surface area contributed by atoms with Crippen LogP contribution in [0.4, 0.5) is 0 Å². The Kier molecular flexibility index (Phi) is 17.7. The van der Waals surface area contributed by atoms with E-state index < -0.39 is 40.0 Å². The van der Waals surface area contributed by atoms with Crippen LogP contribution in [-0.2, 0) is 28.8 Å². The summed E-state index contributed by atoms with van der Waals surface area (Å²) < 4.78 is 50.9. The van der Waals surface area contributed by atoms with E-state index in [0.717, 1.165) is 86.9 Å². The normalized spacial score (nSPS) is 12.2. The van der Waals surface area contributed by atoms with Crippen LogP contribution in [0.2, 0.25) is 0 Å². The summed E-state index contributed by atoms with van der Waals surface area (Å²) in [7, 11) is -12.1. The third-order valence-electron chi connectivity index (χ3n) is 12.0. The van der Waals surface area contributed by atoms with Crippen LogP contribution in [0.3, 0.4) is 0 Å². The number of benzene rings is 9. The molecule has 0 unspecified atom stereocenters. The van der Waals surface area contributed by atoms with Crippen molar-refractivity contribution in [2.45, 2.75) is 0 Å². The molecule has 0 bridgehead atoms. The molecule has 0 radical (unpaired) electrons. The molecule has 0 aliphatic rings. The molecule has 4 nitrogen and oxygen atoms in total. The second-order valence-corrected chi connectivity index (χ2v) is 38.4. The first-order chi connectivity index (χ1) is 34.1. The predicted octanol–water partition coefficient (Wildman–Crippen LogP) is 13.1. The Labute approximate surface area is 495 Å². The van der Waals surface area contributed by atoms with Gasteiger partial charge in [0.1, 0.15) is 0 Å². The van der Waals surface area contributed by atoms with Crippen LogP contribution in [0.5, 0.6) is 0 Å². The van der Waals surface area contributed by atoms with Gasteiger partial charge in [-0.05, 0) is 0 Å². The summed E-state index contributed by atoms with van der Waals surface area (Å²) in [5, 5.41) is 7.55. The average molecular weight is 1600 g/mol. The molecule has 0 aliphatic carbocycles. The zero-order chi connectivity index (χ0) is 50.0. The van der Waals surface area contributed by atoms with Gasteiger partial charge in [-0.25, -0.2) is 0 Å². The van der Waals surface area contributed by atoms with Gasteiger partial charge in [0, 0.05) is 0 Å². The molecule has 9 aromatic carbocycles. The van der Waals surface area contributed by atoms with Crippen LogP contribution in [0.15, 0.2) is 259 Å². The van der Waals surface area contributed by atoms with Crippen molar-refractivity contribution in [1.82, 2.24) is 0 Å². The van der Waals surface area contributed by atoms with Crippen molar-refractivity contribution in [3.8, 4) is 0 Å². The number of hydrogen-bond acceptors (Lipinski definition) is 4. The molecule has 0 saturated carbocycles. The van der Waals surface area contributed by atoms with Crippen LogP contribution in [0, 0.1) is 0 Å². The second-order valence-electron chi connectivity index (χ2n) is 16.3. The van der Waals surface area contributed by atoms with E-state index in [1.54, 1.807) is 0 Å². The fourth-order valence-electron chi connectivity index (χ4n) is 8.69. The minimum atomic E-state index is -6.18. The van der Waals surface area contributed by atoms with E-state index >= 15 is 3.67 Å². The topological polar surface area (TPSA) is 44.8 Å². The molecule has 0 atom stereocenters. The van der Waals surface area contributed by atoms with E-state index in [4.69, 9.17) is 10.1 Å². The first kappa shape index (κ1) is 54.0. The summed E-state index contributed by atoms with van der Waals surface area (Å²) >= 11 is 27.3. The molecular formula is C54H36Br9O4Si3V. The van der Waals surface area contributed by atoms with E-state index in [2.05, 4.69) is 253 Å². The van der Waals surface area contributed by atoms with Gasteiger partial charge >= 0.3 is 502 Å². The van der Waals surface area contributed by atoms with Gasteiger partial charge in [-0.2, -0.15) is 0 Å². The van der Waals surface area contributed by atoms with Gasteiger partial charge in [-0.1, -0.05) is 0 Å². The quantitative estimate of drug-likeness (QED) is 0.0758. The summed E-state index contributed by atoms with van der Waals surface area (Å²) in [4.78, 5) is 0. The molecule has 0 spiro atoms. The van der Waals surface area contributed by atoms with Gasteiger partial charge in [0.2, 0.25) is 0 Å². The monoisotopic (exact) mass is 1590 g/mol. The third-order valence-corrected chi connectivity index (χ3v) is 35.6. The Morgan fingerprint density at radius 3 is 0.408 bits per heavy atom. The molecule has 71 heavy (non-hydrogen) atoms. The van der Waals surface area contributed by atoms with E-state index in [1.807, 2.05) is 109 Å². The van der Waals surface area contributed by atoms with Crippen molar-refractivity contribution in [2.24, 2.45) is 0 Å². The maximum atomic E-state index is 18.4. The fraction of sp³-hybridized carbons (Fsp3) is 0. The van der Waals surface area contributed by atoms with Crippen molar-refractivity contribution in [2.75, 3.05) is 0 Å². The summed E-state index contributed by atoms with van der Waals surface area (Å²) in [6.45, 7) is 0. The first-order valence-electron chi connectivity index (χ1n) is 21.7. The molecule has 0 aliphatic heterocycles. The summed E-state index contributed by atoms with van der Waals surface area (Å²) in [5.41, 5.74) is 0. The summed E-state index contributed by atoms with van der Waals surface area (Å²) in [6, 6.07) is 73.2. The Bertz CT molecular complexity index is 2630. The van der Waals surface area contributed by atoms with E-state index in [-0.39, 0.29) is 0 Å². The molecule has 0 saturated heterocycles. The van der Waals surface area contributed by atoms with E-state index in [1.165, 1.54) is 0 Å². The van der Waals surface area contributed by atoms with Crippen LogP contribution in [0.1, 0.15) is 0 Å². The first-order valence-corrected chi connectivity index (χ1v) is 36.8. The molecule has 0 fully saturated rings. The Balaban J connectivity index is 1.46. The fourth-order valence-corrected chi connectivity index (χ4v) is 32.9. The van der Waals surface area contributed by atoms with Crippen molar-refractivity contribution in [1.29, 1.82) is 0 Å². The Morgan fingerprint density at radius 2 is 0.310 bits per heavy atom. The van der Waals surface area contributed by atoms with Crippen molar-refractivity contribution in [3.63, 3.8) is 0 Å². The standard InChI is InChI=1S/3C18H12Br3OSi.O.V/c3*19-13-1-7-16(8-2-13)23(22,17-9-3-14(20)4-10-17)18-11-5-15(21)6-12-18;;/h3*1-12H;;/q3*-1;;+3. The number of rotatable bonds is 15. The van der Waals surface area contributed by atoms with Gasteiger partial charge in [0.05, 0.1) is 0 Å². The van der Waals surface area contributed by atoms with Gasteiger partial charge in [0.15, 0.2) is 0 Å². The van der Waals surface area contributed by atoms with Crippen molar-refractivity contribution >= 4 is 215 Å². The molecule has 9 aromatic rings. The zero-order valence-corrected chi connectivity index (χ0v) is 55.4. The summed E-state index contributed by atoms with van der Waals surface area (Å²) in [6.07, 6.45) is 0. The molecular weight excluding hydrogens is 1570 g/mol. The maximum absolute atomic E-state index is 18.4. The molecule has 0 heterocycles. The average Bonchev–Trinajstić information content (AvgIpc) is 3.37. The number of halogens is 9. The predicted molar refractivity (Wildman–Crippen MR) is 325 cm³/mol. The zero-order valence-electron chi connectivity index (χ0n) is 36.8.